The highest BCUT2D eigenvalue weighted by Gasteiger charge is 2.37. The van der Waals surface area contributed by atoms with Gasteiger partial charge in [-0.2, -0.15) is 0 Å². The summed E-state index contributed by atoms with van der Waals surface area (Å²) in [5.74, 6) is 0.500. The number of hydrogen-bond acceptors (Lipinski definition) is 4. The molecule has 2 N–H and O–H groups in total. The van der Waals surface area contributed by atoms with E-state index in [2.05, 4.69) is 36.7 Å². The van der Waals surface area contributed by atoms with Crippen molar-refractivity contribution in [2.75, 3.05) is 13.2 Å². The van der Waals surface area contributed by atoms with Crippen LogP contribution in [0.15, 0.2) is 17.5 Å². The summed E-state index contributed by atoms with van der Waals surface area (Å²) in [5.41, 5.74) is -0.169. The van der Waals surface area contributed by atoms with E-state index in [1.165, 1.54) is 4.88 Å². The maximum absolute atomic E-state index is 9.76. The van der Waals surface area contributed by atoms with Gasteiger partial charge in [-0.05, 0) is 30.2 Å². The highest BCUT2D eigenvalue weighted by Crippen LogP contribution is 2.29. The topological polar surface area (TPSA) is 41.5 Å². The summed E-state index contributed by atoms with van der Waals surface area (Å²) in [7, 11) is 0. The van der Waals surface area contributed by atoms with E-state index in [1.54, 1.807) is 11.3 Å². The molecule has 0 aliphatic carbocycles. The second kappa shape index (κ2) is 6.15. The summed E-state index contributed by atoms with van der Waals surface area (Å²) in [6, 6.07) is 4.19. The molecule has 1 aromatic heterocycles. The summed E-state index contributed by atoms with van der Waals surface area (Å²) < 4.78 is 5.79. The lowest BCUT2D eigenvalue weighted by molar-refractivity contribution is -0.0649. The van der Waals surface area contributed by atoms with Crippen molar-refractivity contribution in [1.29, 1.82) is 0 Å². The van der Waals surface area contributed by atoms with Crippen molar-refractivity contribution < 1.29 is 9.84 Å². The third kappa shape index (κ3) is 3.32. The van der Waals surface area contributed by atoms with Crippen LogP contribution in [0.3, 0.4) is 0 Å². The minimum Gasteiger partial charge on any atom is -0.394 e. The van der Waals surface area contributed by atoms with Gasteiger partial charge in [0.25, 0.3) is 0 Å². The first-order valence-electron chi connectivity index (χ1n) is 6.65. The molecule has 0 amide bonds. The van der Waals surface area contributed by atoms with Gasteiger partial charge in [0.15, 0.2) is 0 Å². The SMILES string of the molecule is CC(C)C1CC(CO)(NCc2cccs2)CCO1. The average molecular weight is 269 g/mol. The number of aliphatic hydroxyl groups excluding tert-OH is 1. The van der Waals surface area contributed by atoms with Crippen molar-refractivity contribution in [2.45, 2.75) is 44.9 Å². The highest BCUT2D eigenvalue weighted by molar-refractivity contribution is 7.09. The van der Waals surface area contributed by atoms with Gasteiger partial charge in [0, 0.05) is 23.6 Å². The van der Waals surface area contributed by atoms with Crippen molar-refractivity contribution in [2.24, 2.45) is 5.92 Å². The Morgan fingerprint density at radius 1 is 1.61 bits per heavy atom. The van der Waals surface area contributed by atoms with Crippen LogP contribution in [0, 0.1) is 5.92 Å². The Morgan fingerprint density at radius 2 is 2.44 bits per heavy atom. The fourth-order valence-corrected chi connectivity index (χ4v) is 3.07. The summed E-state index contributed by atoms with van der Waals surface area (Å²) in [5, 5.41) is 15.4. The molecule has 1 saturated heterocycles. The molecule has 1 fully saturated rings. The van der Waals surface area contributed by atoms with Crippen LogP contribution in [0.4, 0.5) is 0 Å². The van der Waals surface area contributed by atoms with Crippen molar-refractivity contribution in [1.82, 2.24) is 5.32 Å². The standard InChI is InChI=1S/C14H23NO2S/c1-11(2)13-8-14(10-16,5-6-17-13)15-9-12-4-3-7-18-12/h3-4,7,11,13,15-16H,5-6,8-10H2,1-2H3. The van der Waals surface area contributed by atoms with Crippen molar-refractivity contribution in [3.63, 3.8) is 0 Å². The van der Waals surface area contributed by atoms with Gasteiger partial charge in [-0.25, -0.2) is 0 Å². The molecule has 18 heavy (non-hydrogen) atoms. The highest BCUT2D eigenvalue weighted by atomic mass is 32.1. The third-order valence-corrected chi connectivity index (χ3v) is 4.64. The maximum atomic E-state index is 9.76. The van der Waals surface area contributed by atoms with Crippen LogP contribution in [0.2, 0.25) is 0 Å². The van der Waals surface area contributed by atoms with Gasteiger partial charge in [-0.3, -0.25) is 0 Å². The van der Waals surface area contributed by atoms with Crippen molar-refractivity contribution in [3.8, 4) is 0 Å². The minimum atomic E-state index is -0.169. The van der Waals surface area contributed by atoms with Crippen LogP contribution in [0.5, 0.6) is 0 Å². The molecule has 3 nitrogen and oxygen atoms in total. The minimum absolute atomic E-state index is 0.169. The number of aliphatic hydroxyl groups is 1. The number of ether oxygens (including phenoxy) is 1. The van der Waals surface area contributed by atoms with Crippen molar-refractivity contribution >= 4 is 11.3 Å². The zero-order valence-electron chi connectivity index (χ0n) is 11.2. The Labute approximate surface area is 113 Å². The molecule has 1 aliphatic heterocycles. The predicted molar refractivity (Wildman–Crippen MR) is 74.8 cm³/mol. The molecule has 0 spiro atoms. The van der Waals surface area contributed by atoms with Crippen LogP contribution in [0.25, 0.3) is 0 Å². The molecule has 0 aromatic carbocycles. The first-order valence-corrected chi connectivity index (χ1v) is 7.53. The summed E-state index contributed by atoms with van der Waals surface area (Å²) in [6.45, 7) is 6.11. The lowest BCUT2D eigenvalue weighted by atomic mass is 9.83. The third-order valence-electron chi connectivity index (χ3n) is 3.77. The number of thiophene rings is 1. The molecule has 0 radical (unpaired) electrons. The van der Waals surface area contributed by atoms with Gasteiger partial charge in [-0.1, -0.05) is 19.9 Å². The predicted octanol–water partition coefficient (Wildman–Crippen LogP) is 2.40. The van der Waals surface area contributed by atoms with Gasteiger partial charge in [0.05, 0.1) is 12.7 Å². The Kier molecular flexibility index (Phi) is 4.78. The first kappa shape index (κ1) is 14.0. The molecule has 4 heteroatoms. The van der Waals surface area contributed by atoms with Crippen LogP contribution in [-0.2, 0) is 11.3 Å². The zero-order chi connectivity index (χ0) is 13.0. The molecule has 0 bridgehead atoms. The molecule has 2 atom stereocenters. The van der Waals surface area contributed by atoms with E-state index in [4.69, 9.17) is 4.74 Å². The monoisotopic (exact) mass is 269 g/mol. The zero-order valence-corrected chi connectivity index (χ0v) is 12.0. The number of rotatable bonds is 5. The average Bonchev–Trinajstić information content (AvgIpc) is 2.90. The normalized spacial score (nSPS) is 28.8. The second-order valence-electron chi connectivity index (χ2n) is 5.48. The van der Waals surface area contributed by atoms with Crippen LogP contribution in [0.1, 0.15) is 31.6 Å². The molecule has 1 aromatic rings. The van der Waals surface area contributed by atoms with E-state index in [1.807, 2.05) is 0 Å². The van der Waals surface area contributed by atoms with E-state index < -0.39 is 0 Å². The largest absolute Gasteiger partial charge is 0.394 e. The van der Waals surface area contributed by atoms with Crippen LogP contribution in [-0.4, -0.2) is 30.0 Å². The molecular weight excluding hydrogens is 246 g/mol. The van der Waals surface area contributed by atoms with Crippen molar-refractivity contribution in [3.05, 3.63) is 22.4 Å². The van der Waals surface area contributed by atoms with Crippen LogP contribution >= 0.6 is 11.3 Å². The smallest absolute Gasteiger partial charge is 0.0616 e. The molecule has 2 rings (SSSR count). The summed E-state index contributed by atoms with van der Waals surface area (Å²) >= 11 is 1.75. The Morgan fingerprint density at radius 3 is 3.06 bits per heavy atom. The molecule has 1 aliphatic rings. The Bertz CT molecular complexity index is 353. The van der Waals surface area contributed by atoms with Gasteiger partial charge in [-0.15, -0.1) is 11.3 Å². The second-order valence-corrected chi connectivity index (χ2v) is 6.51. The number of hydrogen-bond donors (Lipinski definition) is 2. The number of nitrogens with one attached hydrogen (secondary N) is 1. The Hall–Kier alpha value is -0.420. The lowest BCUT2D eigenvalue weighted by Gasteiger charge is -2.41. The molecule has 0 saturated carbocycles. The van der Waals surface area contributed by atoms with E-state index in [9.17, 15) is 5.11 Å². The molecular formula is C14H23NO2S. The molecule has 2 heterocycles. The first-order chi connectivity index (χ1) is 8.65. The molecule has 102 valence electrons. The maximum Gasteiger partial charge on any atom is 0.0616 e. The van der Waals surface area contributed by atoms with E-state index >= 15 is 0 Å². The van der Waals surface area contributed by atoms with Gasteiger partial charge < -0.3 is 15.2 Å². The quantitative estimate of drug-likeness (QED) is 0.862. The van der Waals surface area contributed by atoms with E-state index in [-0.39, 0.29) is 18.2 Å². The van der Waals surface area contributed by atoms with Gasteiger partial charge in [0.2, 0.25) is 0 Å². The summed E-state index contributed by atoms with van der Waals surface area (Å²) in [4.78, 5) is 1.32. The van der Waals surface area contributed by atoms with E-state index in [0.717, 1.165) is 26.0 Å². The molecule has 2 unspecified atom stereocenters. The lowest BCUT2D eigenvalue weighted by Crippen LogP contribution is -2.55. The van der Waals surface area contributed by atoms with Crippen LogP contribution < -0.4 is 5.32 Å². The van der Waals surface area contributed by atoms with E-state index in [0.29, 0.717) is 5.92 Å². The van der Waals surface area contributed by atoms with Gasteiger partial charge >= 0.3 is 0 Å². The Balaban J connectivity index is 1.96. The fraction of sp³-hybridized carbons (Fsp3) is 0.714. The van der Waals surface area contributed by atoms with Gasteiger partial charge in [0.1, 0.15) is 0 Å². The summed E-state index contributed by atoms with van der Waals surface area (Å²) in [6.07, 6.45) is 2.03. The fourth-order valence-electron chi connectivity index (χ4n) is 2.43.